The second-order valence-electron chi connectivity index (χ2n) is 6.37. The van der Waals surface area contributed by atoms with E-state index in [0.29, 0.717) is 11.6 Å². The highest BCUT2D eigenvalue weighted by atomic mass is 19.4. The lowest BCUT2D eigenvalue weighted by atomic mass is 9.78. The Morgan fingerprint density at radius 3 is 1.85 bits per heavy atom. The van der Waals surface area contributed by atoms with Crippen LogP contribution < -0.4 is 5.73 Å². The van der Waals surface area contributed by atoms with Crippen molar-refractivity contribution in [1.82, 2.24) is 0 Å². The molecule has 3 aromatic rings. The van der Waals surface area contributed by atoms with E-state index in [2.05, 4.69) is 0 Å². The van der Waals surface area contributed by atoms with Gasteiger partial charge in [0.05, 0.1) is 11.1 Å². The molecular weight excluding hydrogens is 361 g/mol. The van der Waals surface area contributed by atoms with E-state index in [1.165, 1.54) is 24.3 Å². The average Bonchev–Trinajstić information content (AvgIpc) is 2.61. The monoisotopic (exact) mass is 377 g/mol. The van der Waals surface area contributed by atoms with E-state index in [1.807, 2.05) is 0 Å². The normalized spacial score (nSPS) is 14.0. The number of benzene rings is 3. The largest absolute Gasteiger partial charge is 0.416 e. The van der Waals surface area contributed by atoms with Gasteiger partial charge in [-0.1, -0.05) is 42.5 Å². The predicted octanol–water partition coefficient (Wildman–Crippen LogP) is 5.43. The van der Waals surface area contributed by atoms with Crippen LogP contribution in [0.4, 0.5) is 22.0 Å². The van der Waals surface area contributed by atoms with Crippen LogP contribution in [0.15, 0.2) is 72.8 Å². The quantitative estimate of drug-likeness (QED) is 0.603. The third-order valence-electron chi connectivity index (χ3n) is 4.43. The summed E-state index contributed by atoms with van der Waals surface area (Å²) in [5, 5.41) is 0. The van der Waals surface area contributed by atoms with Crippen molar-refractivity contribution in [3.8, 4) is 0 Å². The molecule has 0 aliphatic carbocycles. The predicted molar refractivity (Wildman–Crippen MR) is 92.9 cm³/mol. The van der Waals surface area contributed by atoms with E-state index in [9.17, 15) is 22.0 Å². The molecule has 0 saturated carbocycles. The van der Waals surface area contributed by atoms with E-state index in [1.54, 1.807) is 30.3 Å². The lowest BCUT2D eigenvalue weighted by Gasteiger charge is -2.32. The van der Waals surface area contributed by atoms with Crippen molar-refractivity contribution in [3.63, 3.8) is 0 Å². The van der Waals surface area contributed by atoms with Gasteiger partial charge < -0.3 is 5.73 Å². The van der Waals surface area contributed by atoms with Crippen molar-refractivity contribution in [2.75, 3.05) is 0 Å². The Morgan fingerprint density at radius 1 is 0.667 bits per heavy atom. The van der Waals surface area contributed by atoms with E-state index in [4.69, 9.17) is 5.73 Å². The number of hydrogen-bond donors (Lipinski definition) is 1. The molecule has 0 heterocycles. The van der Waals surface area contributed by atoms with Crippen LogP contribution in [0, 0.1) is 11.6 Å². The van der Waals surface area contributed by atoms with Crippen LogP contribution in [0.25, 0.3) is 0 Å². The van der Waals surface area contributed by atoms with Gasteiger partial charge in [0, 0.05) is 0 Å². The van der Waals surface area contributed by atoms with Gasteiger partial charge in [-0.3, -0.25) is 0 Å². The molecule has 3 rings (SSSR count). The van der Waals surface area contributed by atoms with Gasteiger partial charge >= 0.3 is 6.18 Å². The number of halogens is 5. The summed E-state index contributed by atoms with van der Waals surface area (Å²) in [6.07, 6.45) is -4.60. The molecule has 0 radical (unpaired) electrons. The summed E-state index contributed by atoms with van der Waals surface area (Å²) in [6, 6.07) is 16.3. The fourth-order valence-electron chi connectivity index (χ4n) is 3.05. The van der Waals surface area contributed by atoms with E-state index in [0.717, 1.165) is 17.7 Å². The summed E-state index contributed by atoms with van der Waals surface area (Å²) in [4.78, 5) is 0. The molecule has 140 valence electrons. The van der Waals surface area contributed by atoms with Crippen LogP contribution >= 0.6 is 0 Å². The minimum atomic E-state index is -4.71. The smallest absolute Gasteiger partial charge is 0.317 e. The van der Waals surface area contributed by atoms with Gasteiger partial charge in [0.15, 0.2) is 0 Å². The minimum Gasteiger partial charge on any atom is -0.317 e. The first-order valence-electron chi connectivity index (χ1n) is 8.15. The molecule has 0 saturated heterocycles. The Morgan fingerprint density at radius 2 is 1.26 bits per heavy atom. The maximum atomic E-state index is 14.0. The van der Waals surface area contributed by atoms with Crippen LogP contribution in [-0.2, 0) is 18.1 Å². The van der Waals surface area contributed by atoms with Crippen LogP contribution in [0.3, 0.4) is 0 Å². The number of alkyl halides is 3. The van der Waals surface area contributed by atoms with Gasteiger partial charge in [-0.2, -0.15) is 13.2 Å². The molecule has 0 aromatic heterocycles. The molecule has 6 heteroatoms. The number of rotatable bonds is 4. The molecule has 0 bridgehead atoms. The zero-order valence-corrected chi connectivity index (χ0v) is 14.1. The summed E-state index contributed by atoms with van der Waals surface area (Å²) < 4.78 is 66.8. The first-order chi connectivity index (χ1) is 12.7. The van der Waals surface area contributed by atoms with Crippen LogP contribution in [0.1, 0.15) is 22.3 Å². The van der Waals surface area contributed by atoms with Gasteiger partial charge in [0.2, 0.25) is 0 Å². The van der Waals surface area contributed by atoms with Crippen LogP contribution in [0.5, 0.6) is 0 Å². The number of nitrogens with two attached hydrogens (primary N) is 1. The summed E-state index contributed by atoms with van der Waals surface area (Å²) >= 11 is 0. The zero-order valence-electron chi connectivity index (χ0n) is 14.1. The Kier molecular flexibility index (Phi) is 5.02. The van der Waals surface area contributed by atoms with E-state index < -0.39 is 28.9 Å². The second-order valence-corrected chi connectivity index (χ2v) is 6.37. The molecule has 0 spiro atoms. The van der Waals surface area contributed by atoms with Crippen molar-refractivity contribution >= 4 is 0 Å². The summed E-state index contributed by atoms with van der Waals surface area (Å²) in [6.45, 7) is 0. The number of hydrogen-bond acceptors (Lipinski definition) is 1. The zero-order chi connectivity index (χ0) is 19.7. The van der Waals surface area contributed by atoms with Crippen molar-refractivity contribution in [3.05, 3.63) is 107 Å². The lowest BCUT2D eigenvalue weighted by Crippen LogP contribution is -2.40. The molecule has 3 aromatic carbocycles. The SMILES string of the molecule is N[C@@](Cc1ccccc1)(c1ccc(F)cc1)c1cc(F)cc(C(F)(F)F)c1. The standard InChI is InChI=1S/C21H16F5N/c22-18-8-6-15(7-9-18)20(27,13-14-4-2-1-3-5-14)16-10-17(21(24,25)26)12-19(23)11-16/h1-12H,13,27H2/t20-/m0/s1. The van der Waals surface area contributed by atoms with Crippen molar-refractivity contribution in [2.45, 2.75) is 18.1 Å². The molecule has 0 fully saturated rings. The molecular formula is C21H16F5N. The van der Waals surface area contributed by atoms with Gasteiger partial charge in [0.1, 0.15) is 11.6 Å². The van der Waals surface area contributed by atoms with Crippen LogP contribution in [0.2, 0.25) is 0 Å². The molecule has 1 atom stereocenters. The molecule has 0 aliphatic rings. The molecule has 1 nitrogen and oxygen atoms in total. The van der Waals surface area contributed by atoms with Gasteiger partial charge in [-0.15, -0.1) is 0 Å². The molecule has 0 amide bonds. The van der Waals surface area contributed by atoms with Gasteiger partial charge in [0.25, 0.3) is 0 Å². The minimum absolute atomic E-state index is 0.0368. The lowest BCUT2D eigenvalue weighted by molar-refractivity contribution is -0.137. The van der Waals surface area contributed by atoms with Gasteiger partial charge in [-0.25, -0.2) is 8.78 Å². The Balaban J connectivity index is 2.18. The average molecular weight is 377 g/mol. The van der Waals surface area contributed by atoms with Crippen molar-refractivity contribution in [1.29, 1.82) is 0 Å². The Hall–Kier alpha value is -2.73. The fourth-order valence-corrected chi connectivity index (χ4v) is 3.05. The van der Waals surface area contributed by atoms with Crippen molar-refractivity contribution < 1.29 is 22.0 Å². The van der Waals surface area contributed by atoms with Gasteiger partial charge in [-0.05, 0) is 53.4 Å². The molecule has 0 aliphatic heterocycles. The highest BCUT2D eigenvalue weighted by Crippen LogP contribution is 2.36. The molecule has 27 heavy (non-hydrogen) atoms. The fraction of sp³-hybridized carbons (Fsp3) is 0.143. The first-order valence-corrected chi connectivity index (χ1v) is 8.15. The molecule has 0 unspecified atom stereocenters. The Bertz CT molecular complexity index is 920. The van der Waals surface area contributed by atoms with E-state index >= 15 is 0 Å². The molecule has 2 N–H and O–H groups in total. The third-order valence-corrected chi connectivity index (χ3v) is 4.43. The second kappa shape index (κ2) is 7.12. The maximum absolute atomic E-state index is 14.0. The summed E-state index contributed by atoms with van der Waals surface area (Å²) in [5.41, 5.74) is 5.05. The summed E-state index contributed by atoms with van der Waals surface area (Å²) in [7, 11) is 0. The Labute approximate surface area is 153 Å². The van der Waals surface area contributed by atoms with Crippen molar-refractivity contribution in [2.24, 2.45) is 5.73 Å². The van der Waals surface area contributed by atoms with E-state index in [-0.39, 0.29) is 12.0 Å². The highest BCUT2D eigenvalue weighted by Gasteiger charge is 2.36. The first kappa shape index (κ1) is 19.0. The highest BCUT2D eigenvalue weighted by molar-refractivity contribution is 5.43. The van der Waals surface area contributed by atoms with Crippen LogP contribution in [-0.4, -0.2) is 0 Å². The summed E-state index contributed by atoms with van der Waals surface area (Å²) in [5.74, 6) is -1.54. The maximum Gasteiger partial charge on any atom is 0.416 e. The third kappa shape index (κ3) is 4.17. The topological polar surface area (TPSA) is 26.0 Å².